The minimum absolute atomic E-state index is 0.111. The zero-order chi connectivity index (χ0) is 16.9. The summed E-state index contributed by atoms with van der Waals surface area (Å²) in [6, 6.07) is -0.111. The first-order chi connectivity index (χ1) is 10.1. The number of alkyl carbamates (subject to hydrolysis) is 1. The molecular weight excluding hydrogens is 284 g/mol. The fourth-order valence-corrected chi connectivity index (χ4v) is 2.56. The number of amides is 2. The summed E-state index contributed by atoms with van der Waals surface area (Å²) >= 11 is 0. The smallest absolute Gasteiger partial charge is 0.409 e. The molecular formula is C16H30N2O4. The molecule has 1 aliphatic rings. The van der Waals surface area contributed by atoms with Crippen LogP contribution in [0.1, 0.15) is 48.0 Å². The van der Waals surface area contributed by atoms with E-state index in [0.717, 1.165) is 6.42 Å². The zero-order valence-electron chi connectivity index (χ0n) is 14.6. The SMILES string of the molecule is CCOC(=O)N1CC(NC(=O)OC(C)(C)C)CC(C(C)C)C1. The Kier molecular flexibility index (Phi) is 6.50. The Morgan fingerprint density at radius 3 is 2.41 bits per heavy atom. The van der Waals surface area contributed by atoms with E-state index < -0.39 is 11.7 Å². The van der Waals surface area contributed by atoms with Crippen LogP contribution < -0.4 is 5.32 Å². The minimum atomic E-state index is -0.531. The lowest BCUT2D eigenvalue weighted by molar-refractivity contribution is 0.0398. The number of hydrogen-bond acceptors (Lipinski definition) is 4. The summed E-state index contributed by atoms with van der Waals surface area (Å²) in [6.45, 7) is 13.0. The van der Waals surface area contributed by atoms with Gasteiger partial charge < -0.3 is 19.7 Å². The summed E-state index contributed by atoms with van der Waals surface area (Å²) in [5, 5.41) is 2.88. The zero-order valence-corrected chi connectivity index (χ0v) is 14.6. The van der Waals surface area contributed by atoms with E-state index in [9.17, 15) is 9.59 Å². The highest BCUT2D eigenvalue weighted by Gasteiger charge is 2.33. The molecule has 1 heterocycles. The lowest BCUT2D eigenvalue weighted by Gasteiger charge is -2.39. The average molecular weight is 314 g/mol. The van der Waals surface area contributed by atoms with Crippen LogP contribution in [0, 0.1) is 11.8 Å². The number of nitrogens with one attached hydrogen (secondary N) is 1. The van der Waals surface area contributed by atoms with Gasteiger partial charge in [0.05, 0.1) is 12.6 Å². The molecule has 1 N–H and O–H groups in total. The van der Waals surface area contributed by atoms with Crippen molar-refractivity contribution in [2.75, 3.05) is 19.7 Å². The molecule has 0 radical (unpaired) electrons. The fraction of sp³-hybridized carbons (Fsp3) is 0.875. The van der Waals surface area contributed by atoms with E-state index in [2.05, 4.69) is 19.2 Å². The van der Waals surface area contributed by atoms with Crippen LogP contribution in [-0.2, 0) is 9.47 Å². The second-order valence-electron chi connectivity index (χ2n) is 7.19. The van der Waals surface area contributed by atoms with Gasteiger partial charge in [-0.05, 0) is 46.0 Å². The molecule has 0 aliphatic carbocycles. The van der Waals surface area contributed by atoms with Gasteiger partial charge in [0.25, 0.3) is 0 Å². The van der Waals surface area contributed by atoms with E-state index in [1.165, 1.54) is 0 Å². The van der Waals surface area contributed by atoms with Gasteiger partial charge in [0.1, 0.15) is 5.60 Å². The van der Waals surface area contributed by atoms with Crippen LogP contribution in [0.2, 0.25) is 0 Å². The van der Waals surface area contributed by atoms with Crippen LogP contribution in [0.25, 0.3) is 0 Å². The Hall–Kier alpha value is -1.46. The predicted octanol–water partition coefficient (Wildman–Crippen LogP) is 3.01. The first kappa shape index (κ1) is 18.6. The summed E-state index contributed by atoms with van der Waals surface area (Å²) in [6.07, 6.45) is 0.0851. The highest BCUT2D eigenvalue weighted by Crippen LogP contribution is 2.24. The van der Waals surface area contributed by atoms with Crippen molar-refractivity contribution < 1.29 is 19.1 Å². The van der Waals surface area contributed by atoms with Crippen LogP contribution in [-0.4, -0.2) is 48.4 Å². The van der Waals surface area contributed by atoms with Gasteiger partial charge in [-0.2, -0.15) is 0 Å². The van der Waals surface area contributed by atoms with Gasteiger partial charge >= 0.3 is 12.2 Å². The largest absolute Gasteiger partial charge is 0.450 e. The van der Waals surface area contributed by atoms with Crippen molar-refractivity contribution >= 4 is 12.2 Å². The topological polar surface area (TPSA) is 67.9 Å². The molecule has 2 atom stereocenters. The van der Waals surface area contributed by atoms with Crippen molar-refractivity contribution in [1.82, 2.24) is 10.2 Å². The first-order valence-corrected chi connectivity index (χ1v) is 8.03. The van der Waals surface area contributed by atoms with Crippen LogP contribution in [0.4, 0.5) is 9.59 Å². The van der Waals surface area contributed by atoms with E-state index in [1.807, 2.05) is 20.8 Å². The van der Waals surface area contributed by atoms with Crippen molar-refractivity contribution in [2.45, 2.75) is 59.6 Å². The maximum absolute atomic E-state index is 12.0. The number of likely N-dealkylation sites (tertiary alicyclic amines) is 1. The second-order valence-corrected chi connectivity index (χ2v) is 7.19. The molecule has 1 saturated heterocycles. The number of hydrogen-bond donors (Lipinski definition) is 1. The molecule has 128 valence electrons. The monoisotopic (exact) mass is 314 g/mol. The summed E-state index contributed by atoms with van der Waals surface area (Å²) < 4.78 is 10.4. The standard InChI is InChI=1S/C16H30N2O4/c1-7-21-15(20)18-9-12(11(2)3)8-13(10-18)17-14(19)22-16(4,5)6/h11-13H,7-10H2,1-6H3,(H,17,19). The normalized spacial score (nSPS) is 22.4. The van der Waals surface area contributed by atoms with Gasteiger partial charge in [0.2, 0.25) is 0 Å². The first-order valence-electron chi connectivity index (χ1n) is 8.03. The minimum Gasteiger partial charge on any atom is -0.450 e. The summed E-state index contributed by atoms with van der Waals surface area (Å²) in [5.74, 6) is 0.762. The molecule has 6 heteroatoms. The van der Waals surface area contributed by atoms with Gasteiger partial charge in [-0.25, -0.2) is 9.59 Å². The molecule has 2 unspecified atom stereocenters. The van der Waals surface area contributed by atoms with Gasteiger partial charge in [0, 0.05) is 13.1 Å². The van der Waals surface area contributed by atoms with E-state index >= 15 is 0 Å². The third kappa shape index (κ3) is 6.12. The quantitative estimate of drug-likeness (QED) is 0.869. The van der Waals surface area contributed by atoms with Crippen LogP contribution in [0.5, 0.6) is 0 Å². The molecule has 0 aromatic rings. The molecule has 2 amide bonds. The van der Waals surface area contributed by atoms with E-state index in [-0.39, 0.29) is 12.1 Å². The molecule has 0 spiro atoms. The summed E-state index contributed by atoms with van der Waals surface area (Å²) in [4.78, 5) is 25.6. The maximum Gasteiger partial charge on any atom is 0.409 e. The average Bonchev–Trinajstić information content (AvgIpc) is 2.36. The number of ether oxygens (including phenoxy) is 2. The number of nitrogens with zero attached hydrogens (tertiary/aromatic N) is 1. The van der Waals surface area contributed by atoms with Gasteiger partial charge in [-0.15, -0.1) is 0 Å². The Morgan fingerprint density at radius 2 is 1.91 bits per heavy atom. The van der Waals surface area contributed by atoms with Crippen molar-refractivity contribution in [3.8, 4) is 0 Å². The van der Waals surface area contributed by atoms with E-state index in [0.29, 0.717) is 31.5 Å². The Labute approximate surface area is 133 Å². The van der Waals surface area contributed by atoms with Crippen LogP contribution >= 0.6 is 0 Å². The number of piperidine rings is 1. The summed E-state index contributed by atoms with van der Waals surface area (Å²) in [7, 11) is 0. The third-order valence-electron chi connectivity index (χ3n) is 3.67. The van der Waals surface area contributed by atoms with Gasteiger partial charge in [-0.1, -0.05) is 13.8 Å². The van der Waals surface area contributed by atoms with Crippen molar-refractivity contribution in [3.05, 3.63) is 0 Å². The maximum atomic E-state index is 12.0. The van der Waals surface area contributed by atoms with Crippen LogP contribution in [0.15, 0.2) is 0 Å². The Morgan fingerprint density at radius 1 is 1.27 bits per heavy atom. The van der Waals surface area contributed by atoms with Crippen molar-refractivity contribution in [2.24, 2.45) is 11.8 Å². The molecule has 22 heavy (non-hydrogen) atoms. The molecule has 1 aliphatic heterocycles. The highest BCUT2D eigenvalue weighted by atomic mass is 16.6. The molecule has 0 bridgehead atoms. The molecule has 1 rings (SSSR count). The lowest BCUT2D eigenvalue weighted by atomic mass is 9.85. The number of rotatable bonds is 3. The van der Waals surface area contributed by atoms with Gasteiger partial charge in [0.15, 0.2) is 0 Å². The van der Waals surface area contributed by atoms with E-state index in [1.54, 1.807) is 11.8 Å². The van der Waals surface area contributed by atoms with E-state index in [4.69, 9.17) is 9.47 Å². The number of carbonyl (C=O) groups excluding carboxylic acids is 2. The molecule has 0 aromatic heterocycles. The fourth-order valence-electron chi connectivity index (χ4n) is 2.56. The van der Waals surface area contributed by atoms with Crippen molar-refractivity contribution in [3.63, 3.8) is 0 Å². The van der Waals surface area contributed by atoms with Gasteiger partial charge in [-0.3, -0.25) is 0 Å². The Balaban J connectivity index is 2.68. The second kappa shape index (κ2) is 7.70. The molecule has 0 aromatic carbocycles. The van der Waals surface area contributed by atoms with Crippen molar-refractivity contribution in [1.29, 1.82) is 0 Å². The molecule has 1 fully saturated rings. The lowest BCUT2D eigenvalue weighted by Crippen LogP contribution is -2.54. The van der Waals surface area contributed by atoms with Crippen LogP contribution in [0.3, 0.4) is 0 Å². The summed E-state index contributed by atoms with van der Waals surface area (Å²) in [5.41, 5.74) is -0.531. The highest BCUT2D eigenvalue weighted by molar-refractivity contribution is 5.69. The molecule has 6 nitrogen and oxygen atoms in total. The Bertz CT molecular complexity index is 390. The third-order valence-corrected chi connectivity index (χ3v) is 3.67. The predicted molar refractivity (Wildman–Crippen MR) is 84.7 cm³/mol. The number of carbonyl (C=O) groups is 2. The molecule has 0 saturated carbocycles.